The third kappa shape index (κ3) is 5.34. The van der Waals surface area contributed by atoms with Crippen LogP contribution in [0.1, 0.15) is 11.7 Å². The molecule has 0 aliphatic carbocycles. The number of amides is 1. The molecule has 2 aromatic carbocycles. The van der Waals surface area contributed by atoms with E-state index in [1.165, 1.54) is 0 Å². The highest BCUT2D eigenvalue weighted by molar-refractivity contribution is 6.33. The Hall–Kier alpha value is -3.10. The predicted molar refractivity (Wildman–Crippen MR) is 119 cm³/mol. The van der Waals surface area contributed by atoms with Gasteiger partial charge in [0.05, 0.1) is 36.5 Å². The molecule has 9 heteroatoms. The van der Waals surface area contributed by atoms with Crippen LogP contribution in [0.15, 0.2) is 53.1 Å². The van der Waals surface area contributed by atoms with E-state index in [0.717, 1.165) is 36.9 Å². The van der Waals surface area contributed by atoms with Crippen LogP contribution < -0.4 is 15.0 Å². The van der Waals surface area contributed by atoms with E-state index >= 15 is 0 Å². The van der Waals surface area contributed by atoms with Crippen LogP contribution in [-0.4, -0.2) is 54.2 Å². The van der Waals surface area contributed by atoms with Crippen molar-refractivity contribution >= 4 is 28.9 Å². The number of rotatable bonds is 7. The normalized spacial score (nSPS) is 14.5. The van der Waals surface area contributed by atoms with E-state index in [1.807, 2.05) is 36.4 Å². The average molecular weight is 442 g/mol. The van der Waals surface area contributed by atoms with E-state index in [4.69, 9.17) is 20.9 Å². The number of halogens is 1. The molecule has 3 aromatic rings. The number of nitrogens with one attached hydrogen (secondary N) is 1. The minimum Gasteiger partial charge on any atom is -0.495 e. The quantitative estimate of drug-likeness (QED) is 0.602. The Labute approximate surface area is 185 Å². The molecule has 0 atom stereocenters. The van der Waals surface area contributed by atoms with Gasteiger partial charge in [0, 0.05) is 26.2 Å². The highest BCUT2D eigenvalue weighted by Gasteiger charge is 2.21. The molecule has 1 aromatic heterocycles. The monoisotopic (exact) mass is 441 g/mol. The molecule has 1 fully saturated rings. The summed E-state index contributed by atoms with van der Waals surface area (Å²) in [5.41, 5.74) is 1.67. The second-order valence-corrected chi connectivity index (χ2v) is 7.65. The van der Waals surface area contributed by atoms with Crippen molar-refractivity contribution in [1.82, 2.24) is 15.0 Å². The fourth-order valence-corrected chi connectivity index (χ4v) is 3.81. The summed E-state index contributed by atoms with van der Waals surface area (Å²) in [5, 5.41) is 7.53. The number of hydrogen-bond acceptors (Lipinski definition) is 7. The first-order valence-corrected chi connectivity index (χ1v) is 10.5. The summed E-state index contributed by atoms with van der Waals surface area (Å²) in [7, 11) is 1.56. The zero-order chi connectivity index (χ0) is 21.6. The van der Waals surface area contributed by atoms with Crippen molar-refractivity contribution in [2.24, 2.45) is 0 Å². The van der Waals surface area contributed by atoms with E-state index in [9.17, 15) is 4.79 Å². The molecule has 0 unspecified atom stereocenters. The largest absolute Gasteiger partial charge is 0.495 e. The van der Waals surface area contributed by atoms with E-state index in [-0.39, 0.29) is 12.3 Å². The van der Waals surface area contributed by atoms with Gasteiger partial charge < -0.3 is 19.5 Å². The van der Waals surface area contributed by atoms with Crippen LogP contribution in [0.3, 0.4) is 0 Å². The lowest BCUT2D eigenvalue weighted by Crippen LogP contribution is -2.46. The van der Waals surface area contributed by atoms with Crippen LogP contribution >= 0.6 is 11.6 Å². The second-order valence-electron chi connectivity index (χ2n) is 7.24. The summed E-state index contributed by atoms with van der Waals surface area (Å²) in [5.74, 6) is 1.23. The van der Waals surface area contributed by atoms with Crippen molar-refractivity contribution in [3.05, 3.63) is 65.3 Å². The molecule has 1 aliphatic rings. The van der Waals surface area contributed by atoms with Gasteiger partial charge in [0.2, 0.25) is 11.8 Å². The van der Waals surface area contributed by atoms with Crippen molar-refractivity contribution in [2.75, 3.05) is 43.5 Å². The van der Waals surface area contributed by atoms with Crippen molar-refractivity contribution in [3.8, 4) is 5.75 Å². The summed E-state index contributed by atoms with van der Waals surface area (Å²) in [6.07, 6.45) is 0.0296. The number of para-hydroxylation sites is 3. The zero-order valence-corrected chi connectivity index (χ0v) is 18.0. The number of anilines is 2. The number of methoxy groups -OCH3 is 1. The first-order chi connectivity index (χ1) is 15.1. The zero-order valence-electron chi connectivity index (χ0n) is 17.3. The minimum absolute atomic E-state index is 0.0296. The number of piperazine rings is 1. The van der Waals surface area contributed by atoms with Gasteiger partial charge in [-0.1, -0.05) is 41.0 Å². The lowest BCUT2D eigenvalue weighted by Gasteiger charge is -2.35. The third-order valence-corrected chi connectivity index (χ3v) is 5.45. The first-order valence-electron chi connectivity index (χ1n) is 10.1. The van der Waals surface area contributed by atoms with Crippen LogP contribution in [-0.2, 0) is 17.8 Å². The molecule has 0 radical (unpaired) electrons. The molecule has 31 heavy (non-hydrogen) atoms. The Bertz CT molecular complexity index is 1030. The van der Waals surface area contributed by atoms with Gasteiger partial charge in [-0.15, -0.1) is 0 Å². The Balaban J connectivity index is 1.28. The number of hydrogen-bond donors (Lipinski definition) is 1. The predicted octanol–water partition coefficient (Wildman–Crippen LogP) is 3.24. The number of benzene rings is 2. The van der Waals surface area contributed by atoms with Gasteiger partial charge >= 0.3 is 0 Å². The van der Waals surface area contributed by atoms with Gasteiger partial charge in [0.1, 0.15) is 5.75 Å². The Kier molecular flexibility index (Phi) is 6.69. The molecule has 1 saturated heterocycles. The smallest absolute Gasteiger partial charge is 0.240 e. The van der Waals surface area contributed by atoms with Crippen LogP contribution in [0.25, 0.3) is 0 Å². The summed E-state index contributed by atoms with van der Waals surface area (Å²) in [4.78, 5) is 21.2. The highest BCUT2D eigenvalue weighted by Crippen LogP contribution is 2.26. The molecule has 0 bridgehead atoms. The number of carbonyl (C=O) groups is 1. The lowest BCUT2D eigenvalue weighted by atomic mass is 10.2. The Morgan fingerprint density at radius 1 is 1.13 bits per heavy atom. The topological polar surface area (TPSA) is 83.7 Å². The van der Waals surface area contributed by atoms with Crippen molar-refractivity contribution in [1.29, 1.82) is 0 Å². The number of aromatic nitrogens is 2. The van der Waals surface area contributed by atoms with Crippen molar-refractivity contribution < 1.29 is 14.1 Å². The molecule has 0 saturated carbocycles. The molecule has 0 spiro atoms. The average Bonchev–Trinajstić information content (AvgIpc) is 3.21. The van der Waals surface area contributed by atoms with Gasteiger partial charge in [-0.3, -0.25) is 9.69 Å². The molecular formula is C22H24ClN5O3. The number of nitrogens with zero attached hydrogens (tertiary/aromatic N) is 4. The van der Waals surface area contributed by atoms with Crippen LogP contribution in [0.2, 0.25) is 5.02 Å². The highest BCUT2D eigenvalue weighted by atomic mass is 35.5. The van der Waals surface area contributed by atoms with E-state index in [2.05, 4.69) is 25.3 Å². The molecule has 2 heterocycles. The van der Waals surface area contributed by atoms with Crippen LogP contribution in [0.5, 0.6) is 5.75 Å². The molecule has 1 aliphatic heterocycles. The molecule has 8 nitrogen and oxygen atoms in total. The van der Waals surface area contributed by atoms with Crippen molar-refractivity contribution in [3.63, 3.8) is 0 Å². The number of carbonyl (C=O) groups excluding carboxylic acids is 1. The van der Waals surface area contributed by atoms with E-state index in [0.29, 0.717) is 29.7 Å². The summed E-state index contributed by atoms with van der Waals surface area (Å²) >= 11 is 6.31. The fourth-order valence-electron chi connectivity index (χ4n) is 3.56. The summed E-state index contributed by atoms with van der Waals surface area (Å²) in [6, 6.07) is 15.1. The lowest BCUT2D eigenvalue weighted by molar-refractivity contribution is -0.115. The van der Waals surface area contributed by atoms with Gasteiger partial charge in [-0.25, -0.2) is 0 Å². The standard InChI is InChI=1S/C22H24ClN5O3/c1-30-19-9-5-3-7-17(19)24-21(29)14-20-25-22(31-26-20)15-27-10-12-28(13-11-27)18-8-4-2-6-16(18)23/h2-9H,10-15H2,1H3,(H,24,29). The summed E-state index contributed by atoms with van der Waals surface area (Å²) in [6.45, 7) is 4.00. The van der Waals surface area contributed by atoms with E-state index < -0.39 is 0 Å². The summed E-state index contributed by atoms with van der Waals surface area (Å²) < 4.78 is 10.6. The maximum absolute atomic E-state index is 12.3. The maximum atomic E-state index is 12.3. The van der Waals surface area contributed by atoms with Gasteiger partial charge in [-0.05, 0) is 24.3 Å². The second kappa shape index (κ2) is 9.80. The molecule has 4 rings (SSSR count). The Morgan fingerprint density at radius 2 is 1.87 bits per heavy atom. The molecule has 1 N–H and O–H groups in total. The first kappa shape index (κ1) is 21.1. The third-order valence-electron chi connectivity index (χ3n) is 5.13. The SMILES string of the molecule is COc1ccccc1NC(=O)Cc1noc(CN2CCN(c3ccccc3Cl)CC2)n1. The molecule has 1 amide bonds. The minimum atomic E-state index is -0.231. The maximum Gasteiger partial charge on any atom is 0.240 e. The van der Waals surface area contributed by atoms with Gasteiger partial charge in [-0.2, -0.15) is 4.98 Å². The Morgan fingerprint density at radius 3 is 2.65 bits per heavy atom. The van der Waals surface area contributed by atoms with Crippen LogP contribution in [0, 0.1) is 0 Å². The van der Waals surface area contributed by atoms with E-state index in [1.54, 1.807) is 19.2 Å². The number of ether oxygens (including phenoxy) is 1. The molecular weight excluding hydrogens is 418 g/mol. The van der Waals surface area contributed by atoms with Crippen LogP contribution in [0.4, 0.5) is 11.4 Å². The van der Waals surface area contributed by atoms with Gasteiger partial charge in [0.15, 0.2) is 5.82 Å². The van der Waals surface area contributed by atoms with Crippen molar-refractivity contribution in [2.45, 2.75) is 13.0 Å². The van der Waals surface area contributed by atoms with Gasteiger partial charge in [0.25, 0.3) is 0 Å². The fraction of sp³-hybridized carbons (Fsp3) is 0.318. The molecule has 162 valence electrons.